The molecule has 0 aliphatic rings. The molecular weight excluding hydrogens is 204 g/mol. The van der Waals surface area contributed by atoms with E-state index >= 15 is 0 Å². The highest BCUT2D eigenvalue weighted by atomic mass is 16.5. The van der Waals surface area contributed by atoms with Gasteiger partial charge < -0.3 is 15.2 Å². The molecule has 4 nitrogen and oxygen atoms in total. The Hall–Kier alpha value is -1.57. The second-order valence-corrected chi connectivity index (χ2v) is 3.27. The molecule has 4 heteroatoms. The number of ether oxygens (including phenoxy) is 2. The second-order valence-electron chi connectivity index (χ2n) is 3.27. The molecule has 16 heavy (non-hydrogen) atoms. The van der Waals surface area contributed by atoms with Crippen LogP contribution in [0.4, 0.5) is 0 Å². The Labute approximate surface area is 95.8 Å². The minimum absolute atomic E-state index is 0.0544. The van der Waals surface area contributed by atoms with Crippen molar-refractivity contribution in [1.82, 2.24) is 4.98 Å². The van der Waals surface area contributed by atoms with Crippen molar-refractivity contribution in [3.05, 3.63) is 24.0 Å². The van der Waals surface area contributed by atoms with Crippen molar-refractivity contribution in [2.24, 2.45) is 5.73 Å². The molecule has 1 heterocycles. The summed E-state index contributed by atoms with van der Waals surface area (Å²) in [6, 6.07) is 1.83. The van der Waals surface area contributed by atoms with E-state index in [1.165, 1.54) is 0 Å². The summed E-state index contributed by atoms with van der Waals surface area (Å²) >= 11 is 0. The molecular formula is C12H16N2O2. The minimum Gasteiger partial charge on any atom is -0.489 e. The zero-order valence-electron chi connectivity index (χ0n) is 9.56. The van der Waals surface area contributed by atoms with Crippen LogP contribution in [-0.2, 0) is 4.74 Å². The third kappa shape index (κ3) is 4.30. The molecule has 1 aromatic heterocycles. The normalized spacial score (nSPS) is 11.4. The molecule has 0 aliphatic heterocycles. The number of hydrogen-bond donors (Lipinski definition) is 1. The van der Waals surface area contributed by atoms with Gasteiger partial charge in [0.2, 0.25) is 0 Å². The lowest BCUT2D eigenvalue weighted by Gasteiger charge is -2.10. The van der Waals surface area contributed by atoms with Crippen LogP contribution in [0.25, 0.3) is 0 Å². The van der Waals surface area contributed by atoms with Crippen molar-refractivity contribution in [2.45, 2.75) is 13.0 Å². The second kappa shape index (κ2) is 6.83. The Kier molecular flexibility index (Phi) is 5.34. The summed E-state index contributed by atoms with van der Waals surface area (Å²) in [6.45, 7) is 2.77. The van der Waals surface area contributed by atoms with Crippen molar-refractivity contribution in [1.29, 1.82) is 0 Å². The van der Waals surface area contributed by atoms with Crippen molar-refractivity contribution >= 4 is 0 Å². The molecule has 0 fully saturated rings. The van der Waals surface area contributed by atoms with E-state index in [2.05, 4.69) is 16.8 Å². The summed E-state index contributed by atoms with van der Waals surface area (Å²) in [7, 11) is 1.65. The fraction of sp³-hybridized carbons (Fsp3) is 0.417. The van der Waals surface area contributed by atoms with Gasteiger partial charge in [0.1, 0.15) is 12.4 Å². The van der Waals surface area contributed by atoms with E-state index < -0.39 is 0 Å². The van der Waals surface area contributed by atoms with Crippen LogP contribution in [-0.4, -0.2) is 31.3 Å². The number of hydrogen-bond acceptors (Lipinski definition) is 4. The Balaban J connectivity index is 2.60. The molecule has 0 aromatic carbocycles. The molecule has 0 amide bonds. The van der Waals surface area contributed by atoms with E-state index in [-0.39, 0.29) is 6.10 Å². The van der Waals surface area contributed by atoms with E-state index in [1.54, 1.807) is 19.5 Å². The average Bonchev–Trinajstić information content (AvgIpc) is 2.34. The molecule has 0 aliphatic carbocycles. The first-order valence-electron chi connectivity index (χ1n) is 5.06. The Bertz CT molecular complexity index is 382. The molecule has 0 saturated carbocycles. The van der Waals surface area contributed by atoms with Gasteiger partial charge in [0.25, 0.3) is 0 Å². The molecule has 1 atom stereocenters. The van der Waals surface area contributed by atoms with Gasteiger partial charge in [0, 0.05) is 18.9 Å². The third-order valence-corrected chi connectivity index (χ3v) is 1.94. The Morgan fingerprint density at radius 1 is 1.50 bits per heavy atom. The van der Waals surface area contributed by atoms with Gasteiger partial charge in [0.15, 0.2) is 0 Å². The summed E-state index contributed by atoms with van der Waals surface area (Å²) < 4.78 is 10.6. The van der Waals surface area contributed by atoms with Crippen LogP contribution in [0.5, 0.6) is 5.75 Å². The SMILES string of the molecule is COC(C)COc1cncc(C#CCN)c1. The van der Waals surface area contributed by atoms with Gasteiger partial charge in [-0.2, -0.15) is 0 Å². The molecule has 2 N–H and O–H groups in total. The zero-order valence-corrected chi connectivity index (χ0v) is 9.56. The molecule has 0 radical (unpaired) electrons. The van der Waals surface area contributed by atoms with E-state index in [4.69, 9.17) is 15.2 Å². The van der Waals surface area contributed by atoms with Crippen LogP contribution in [0.2, 0.25) is 0 Å². The molecule has 1 rings (SSSR count). The van der Waals surface area contributed by atoms with E-state index in [1.807, 2.05) is 13.0 Å². The van der Waals surface area contributed by atoms with Crippen LogP contribution >= 0.6 is 0 Å². The maximum absolute atomic E-state index is 5.49. The minimum atomic E-state index is 0.0544. The highest BCUT2D eigenvalue weighted by Gasteiger charge is 2.01. The number of methoxy groups -OCH3 is 1. The maximum Gasteiger partial charge on any atom is 0.138 e. The fourth-order valence-corrected chi connectivity index (χ4v) is 1.00. The van der Waals surface area contributed by atoms with Crippen LogP contribution in [0.15, 0.2) is 18.5 Å². The molecule has 0 spiro atoms. The molecule has 0 bridgehead atoms. The predicted octanol–water partition coefficient (Wildman–Crippen LogP) is 0.805. The quantitative estimate of drug-likeness (QED) is 0.763. The number of aromatic nitrogens is 1. The van der Waals surface area contributed by atoms with Gasteiger partial charge in [-0.1, -0.05) is 11.8 Å². The standard InChI is InChI=1S/C12H16N2O2/c1-10(15-2)9-16-12-6-11(4-3-5-13)7-14-8-12/h6-8,10H,5,9,13H2,1-2H3. The van der Waals surface area contributed by atoms with E-state index in [9.17, 15) is 0 Å². The summed E-state index contributed by atoms with van der Waals surface area (Å²) in [6.07, 6.45) is 3.38. The van der Waals surface area contributed by atoms with Crippen LogP contribution in [0.3, 0.4) is 0 Å². The monoisotopic (exact) mass is 220 g/mol. The highest BCUT2D eigenvalue weighted by molar-refractivity contribution is 5.36. The van der Waals surface area contributed by atoms with Crippen LogP contribution in [0.1, 0.15) is 12.5 Å². The van der Waals surface area contributed by atoms with Gasteiger partial charge in [-0.15, -0.1) is 0 Å². The van der Waals surface area contributed by atoms with Crippen molar-refractivity contribution in [3.8, 4) is 17.6 Å². The first-order chi connectivity index (χ1) is 7.76. The predicted molar refractivity (Wildman–Crippen MR) is 62.1 cm³/mol. The first-order valence-corrected chi connectivity index (χ1v) is 5.06. The number of rotatable bonds is 4. The molecule has 0 saturated heterocycles. The van der Waals surface area contributed by atoms with Gasteiger partial charge in [-0.3, -0.25) is 4.98 Å². The summed E-state index contributed by atoms with van der Waals surface area (Å²) in [5, 5.41) is 0. The van der Waals surface area contributed by atoms with E-state index in [0.717, 1.165) is 5.56 Å². The largest absolute Gasteiger partial charge is 0.489 e. The smallest absolute Gasteiger partial charge is 0.138 e. The van der Waals surface area contributed by atoms with Crippen molar-refractivity contribution in [3.63, 3.8) is 0 Å². The summed E-state index contributed by atoms with van der Waals surface area (Å²) in [5.41, 5.74) is 6.09. The van der Waals surface area contributed by atoms with E-state index in [0.29, 0.717) is 18.9 Å². The first kappa shape index (κ1) is 12.5. The fourth-order valence-electron chi connectivity index (χ4n) is 1.00. The topological polar surface area (TPSA) is 57.4 Å². The molecule has 1 unspecified atom stereocenters. The summed E-state index contributed by atoms with van der Waals surface area (Å²) in [4.78, 5) is 4.03. The average molecular weight is 220 g/mol. The van der Waals surface area contributed by atoms with Crippen molar-refractivity contribution < 1.29 is 9.47 Å². The van der Waals surface area contributed by atoms with Gasteiger partial charge in [-0.25, -0.2) is 0 Å². The van der Waals surface area contributed by atoms with Gasteiger partial charge in [0.05, 0.1) is 18.8 Å². The number of pyridine rings is 1. The van der Waals surface area contributed by atoms with Gasteiger partial charge >= 0.3 is 0 Å². The Morgan fingerprint density at radius 3 is 3.00 bits per heavy atom. The van der Waals surface area contributed by atoms with Crippen LogP contribution < -0.4 is 10.5 Å². The lowest BCUT2D eigenvalue weighted by atomic mass is 10.3. The summed E-state index contributed by atoms with van der Waals surface area (Å²) in [5.74, 6) is 6.35. The Morgan fingerprint density at radius 2 is 2.31 bits per heavy atom. The van der Waals surface area contributed by atoms with Crippen molar-refractivity contribution in [2.75, 3.05) is 20.3 Å². The maximum atomic E-state index is 5.49. The molecule has 1 aromatic rings. The lowest BCUT2D eigenvalue weighted by molar-refractivity contribution is 0.0715. The lowest BCUT2D eigenvalue weighted by Crippen LogP contribution is -2.16. The number of nitrogens with two attached hydrogens (primary N) is 1. The zero-order chi connectivity index (χ0) is 11.8. The molecule has 86 valence electrons. The van der Waals surface area contributed by atoms with Crippen LogP contribution in [0, 0.1) is 11.8 Å². The van der Waals surface area contributed by atoms with Gasteiger partial charge in [-0.05, 0) is 13.0 Å². The third-order valence-electron chi connectivity index (χ3n) is 1.94. The highest BCUT2D eigenvalue weighted by Crippen LogP contribution is 2.10. The number of nitrogens with zero attached hydrogens (tertiary/aromatic N) is 1.